The van der Waals surface area contributed by atoms with Crippen LogP contribution in [0.5, 0.6) is 0 Å². The maximum absolute atomic E-state index is 11.5. The Labute approximate surface area is 137 Å². The highest BCUT2D eigenvalue weighted by Gasteiger charge is 2.17. The molecule has 0 saturated heterocycles. The smallest absolute Gasteiger partial charge is 0.213 e. The van der Waals surface area contributed by atoms with E-state index in [0.29, 0.717) is 11.4 Å². The van der Waals surface area contributed by atoms with Crippen molar-refractivity contribution in [1.29, 1.82) is 0 Å². The third-order valence-corrected chi connectivity index (χ3v) is 4.55. The van der Waals surface area contributed by atoms with Crippen molar-refractivity contribution in [3.05, 3.63) is 76.9 Å². The fourth-order valence-electron chi connectivity index (χ4n) is 2.56. The molecule has 23 heavy (non-hydrogen) atoms. The number of nitrogens with zero attached hydrogens (tertiary/aromatic N) is 3. The second kappa shape index (κ2) is 5.78. The van der Waals surface area contributed by atoms with E-state index in [1.165, 1.54) is 16.9 Å². The normalized spacial score (nSPS) is 11.0. The number of fused-ring (bicyclic) bond motifs is 1. The average molecular weight is 319 g/mol. The number of hydrogen-bond donors (Lipinski definition) is 0. The van der Waals surface area contributed by atoms with Gasteiger partial charge in [-0.05, 0) is 5.56 Å². The van der Waals surface area contributed by atoms with Crippen LogP contribution in [0.2, 0.25) is 0 Å². The molecule has 4 aromatic rings. The van der Waals surface area contributed by atoms with Crippen molar-refractivity contribution in [3.8, 4) is 11.3 Å². The van der Waals surface area contributed by atoms with E-state index in [-0.39, 0.29) is 0 Å². The van der Waals surface area contributed by atoms with Gasteiger partial charge in [-0.3, -0.25) is 4.79 Å². The van der Waals surface area contributed by atoms with Gasteiger partial charge in [0.2, 0.25) is 4.96 Å². The van der Waals surface area contributed by atoms with Crippen LogP contribution in [-0.4, -0.2) is 20.9 Å². The molecule has 0 atom stereocenters. The molecule has 0 radical (unpaired) electrons. The molecule has 0 aliphatic carbocycles. The molecule has 0 unspecified atom stereocenters. The molecule has 0 spiro atoms. The quantitative estimate of drug-likeness (QED) is 0.537. The lowest BCUT2D eigenvalue weighted by Gasteiger charge is -1.98. The standard InChI is InChI=1S/C18H13N3OS/c22-12-15-17(14-9-5-2-6-10-14)19-18-21(15)20-16(23-18)11-13-7-3-1-4-8-13/h1-10,12H,11H2. The maximum Gasteiger partial charge on any atom is 0.213 e. The minimum absolute atomic E-state index is 0.502. The Morgan fingerprint density at radius 1 is 1.00 bits per heavy atom. The van der Waals surface area contributed by atoms with Gasteiger partial charge in [-0.1, -0.05) is 72.0 Å². The van der Waals surface area contributed by atoms with E-state index >= 15 is 0 Å². The lowest BCUT2D eigenvalue weighted by molar-refractivity contribution is 0.111. The highest BCUT2D eigenvalue weighted by Crippen LogP contribution is 2.26. The Kier molecular flexibility index (Phi) is 3.48. The van der Waals surface area contributed by atoms with E-state index in [1.54, 1.807) is 4.52 Å². The van der Waals surface area contributed by atoms with Crippen LogP contribution in [0, 0.1) is 0 Å². The Morgan fingerprint density at radius 3 is 2.39 bits per heavy atom. The zero-order valence-corrected chi connectivity index (χ0v) is 13.0. The Bertz CT molecular complexity index is 958. The molecule has 0 aliphatic heterocycles. The largest absolute Gasteiger partial charge is 0.296 e. The SMILES string of the molecule is O=Cc1c(-c2ccccc2)nc2sc(Cc3ccccc3)nn12. The molecule has 4 nitrogen and oxygen atoms in total. The Hall–Kier alpha value is -2.79. The third-order valence-electron chi connectivity index (χ3n) is 3.64. The van der Waals surface area contributed by atoms with Crippen molar-refractivity contribution in [3.63, 3.8) is 0 Å². The predicted octanol–water partition coefficient (Wildman–Crippen LogP) is 3.86. The number of rotatable bonds is 4. The van der Waals surface area contributed by atoms with Gasteiger partial charge in [-0.25, -0.2) is 4.98 Å². The van der Waals surface area contributed by atoms with Gasteiger partial charge >= 0.3 is 0 Å². The van der Waals surface area contributed by atoms with E-state index < -0.39 is 0 Å². The van der Waals surface area contributed by atoms with Crippen molar-refractivity contribution in [2.45, 2.75) is 6.42 Å². The third kappa shape index (κ3) is 2.55. The van der Waals surface area contributed by atoms with Crippen LogP contribution in [0.3, 0.4) is 0 Å². The van der Waals surface area contributed by atoms with Crippen molar-refractivity contribution < 1.29 is 4.79 Å². The van der Waals surface area contributed by atoms with Crippen LogP contribution in [0.25, 0.3) is 16.2 Å². The van der Waals surface area contributed by atoms with Crippen LogP contribution in [0.1, 0.15) is 21.1 Å². The zero-order chi connectivity index (χ0) is 15.6. The molecule has 2 heterocycles. The summed E-state index contributed by atoms with van der Waals surface area (Å²) in [6, 6.07) is 19.9. The highest BCUT2D eigenvalue weighted by molar-refractivity contribution is 7.16. The van der Waals surface area contributed by atoms with E-state index in [2.05, 4.69) is 22.2 Å². The molecule has 0 saturated carbocycles. The lowest BCUT2D eigenvalue weighted by atomic mass is 10.1. The Morgan fingerprint density at radius 2 is 1.70 bits per heavy atom. The van der Waals surface area contributed by atoms with Gasteiger partial charge in [0.15, 0.2) is 6.29 Å². The van der Waals surface area contributed by atoms with Crippen molar-refractivity contribution >= 4 is 22.6 Å². The van der Waals surface area contributed by atoms with Gasteiger partial charge in [-0.15, -0.1) is 0 Å². The summed E-state index contributed by atoms with van der Waals surface area (Å²) in [5.41, 5.74) is 3.31. The molecule has 2 aromatic heterocycles. The summed E-state index contributed by atoms with van der Waals surface area (Å²) in [6.45, 7) is 0. The number of benzene rings is 2. The van der Waals surface area contributed by atoms with Crippen LogP contribution in [-0.2, 0) is 6.42 Å². The minimum atomic E-state index is 0.502. The van der Waals surface area contributed by atoms with E-state index in [9.17, 15) is 4.79 Å². The van der Waals surface area contributed by atoms with Crippen LogP contribution >= 0.6 is 11.3 Å². The number of carbonyl (C=O) groups is 1. The minimum Gasteiger partial charge on any atom is -0.296 e. The van der Waals surface area contributed by atoms with Gasteiger partial charge in [0.25, 0.3) is 0 Å². The first-order chi connectivity index (χ1) is 11.3. The summed E-state index contributed by atoms with van der Waals surface area (Å²) in [5.74, 6) is 0. The first-order valence-corrected chi connectivity index (χ1v) is 8.10. The summed E-state index contributed by atoms with van der Waals surface area (Å²) in [7, 11) is 0. The van der Waals surface area contributed by atoms with Gasteiger partial charge in [0, 0.05) is 12.0 Å². The van der Waals surface area contributed by atoms with Crippen molar-refractivity contribution in [2.24, 2.45) is 0 Å². The molecule has 0 N–H and O–H groups in total. The summed E-state index contributed by atoms with van der Waals surface area (Å²) in [5, 5.41) is 5.51. The fourth-order valence-corrected chi connectivity index (χ4v) is 3.49. The van der Waals surface area contributed by atoms with Crippen molar-refractivity contribution in [2.75, 3.05) is 0 Å². The molecular weight excluding hydrogens is 306 g/mol. The van der Waals surface area contributed by atoms with Gasteiger partial charge in [0.1, 0.15) is 16.4 Å². The number of aromatic nitrogens is 3. The zero-order valence-electron chi connectivity index (χ0n) is 12.2. The monoisotopic (exact) mass is 319 g/mol. The molecule has 0 bridgehead atoms. The Balaban J connectivity index is 1.76. The topological polar surface area (TPSA) is 47.3 Å². The fraction of sp³-hybridized carbons (Fsp3) is 0.0556. The van der Waals surface area contributed by atoms with E-state index in [4.69, 9.17) is 0 Å². The molecule has 4 rings (SSSR count). The lowest BCUT2D eigenvalue weighted by Crippen LogP contribution is -1.96. The molecule has 2 aromatic carbocycles. The van der Waals surface area contributed by atoms with Gasteiger partial charge < -0.3 is 0 Å². The highest BCUT2D eigenvalue weighted by atomic mass is 32.1. The number of hydrogen-bond acceptors (Lipinski definition) is 4. The molecule has 0 amide bonds. The molecule has 0 fully saturated rings. The second-order valence-corrected chi connectivity index (χ2v) is 6.22. The second-order valence-electron chi connectivity index (χ2n) is 5.18. The first-order valence-electron chi connectivity index (χ1n) is 7.28. The summed E-state index contributed by atoms with van der Waals surface area (Å²) >= 11 is 1.52. The average Bonchev–Trinajstić information content (AvgIpc) is 3.13. The maximum atomic E-state index is 11.5. The predicted molar refractivity (Wildman–Crippen MR) is 90.9 cm³/mol. The number of aldehydes is 1. The molecule has 112 valence electrons. The molecule has 5 heteroatoms. The van der Waals surface area contributed by atoms with E-state index in [0.717, 1.165) is 28.2 Å². The van der Waals surface area contributed by atoms with Crippen LogP contribution in [0.15, 0.2) is 60.7 Å². The molecule has 0 aliphatic rings. The van der Waals surface area contributed by atoms with Gasteiger partial charge in [-0.2, -0.15) is 9.61 Å². The summed E-state index contributed by atoms with van der Waals surface area (Å²) < 4.78 is 1.65. The van der Waals surface area contributed by atoms with Gasteiger partial charge in [0.05, 0.1) is 0 Å². The first kappa shape index (κ1) is 13.8. The number of imidazole rings is 1. The van der Waals surface area contributed by atoms with E-state index in [1.807, 2.05) is 48.5 Å². The van der Waals surface area contributed by atoms with Crippen LogP contribution < -0.4 is 0 Å². The van der Waals surface area contributed by atoms with Crippen molar-refractivity contribution in [1.82, 2.24) is 14.6 Å². The molecular formula is C18H13N3OS. The van der Waals surface area contributed by atoms with Crippen LogP contribution in [0.4, 0.5) is 0 Å². The number of carbonyl (C=O) groups excluding carboxylic acids is 1. The summed E-state index contributed by atoms with van der Waals surface area (Å²) in [4.78, 5) is 16.9. The summed E-state index contributed by atoms with van der Waals surface area (Å²) in [6.07, 6.45) is 1.57.